The highest BCUT2D eigenvalue weighted by atomic mass is 14.7. The Morgan fingerprint density at radius 1 is 1.45 bits per heavy atom. The Bertz CT molecular complexity index is 221. The molecule has 11 heavy (non-hydrogen) atoms. The molecule has 1 aromatic heterocycles. The number of nitrogens with zero attached hydrogens (tertiary/aromatic N) is 1. The molecule has 0 aliphatic carbocycles. The molecule has 0 spiro atoms. The molecule has 60 valence electrons. The Hall–Kier alpha value is -1.05. The standard InChI is InChI=1S/C9H14N2/c1-2-3-4-8-5-9(10)7-11-6-8/h5-7H,2-4,10H2,1H3. The van der Waals surface area contributed by atoms with Crippen LogP contribution in [-0.2, 0) is 6.42 Å². The predicted octanol–water partition coefficient (Wildman–Crippen LogP) is 2.01. The van der Waals surface area contributed by atoms with Crippen LogP contribution in [0.15, 0.2) is 18.5 Å². The van der Waals surface area contributed by atoms with Crippen molar-refractivity contribution in [3.05, 3.63) is 24.0 Å². The van der Waals surface area contributed by atoms with Gasteiger partial charge in [0, 0.05) is 12.4 Å². The van der Waals surface area contributed by atoms with E-state index in [9.17, 15) is 0 Å². The van der Waals surface area contributed by atoms with Crippen molar-refractivity contribution >= 4 is 5.69 Å². The summed E-state index contributed by atoms with van der Waals surface area (Å²) in [6.45, 7) is 2.18. The van der Waals surface area contributed by atoms with E-state index in [2.05, 4.69) is 11.9 Å². The number of aromatic nitrogens is 1. The number of anilines is 1. The number of nitrogen functional groups attached to an aromatic ring is 1. The molecule has 0 amide bonds. The summed E-state index contributed by atoms with van der Waals surface area (Å²) < 4.78 is 0. The summed E-state index contributed by atoms with van der Waals surface area (Å²) in [6.07, 6.45) is 7.08. The monoisotopic (exact) mass is 150 g/mol. The van der Waals surface area contributed by atoms with Crippen molar-refractivity contribution in [2.75, 3.05) is 5.73 Å². The van der Waals surface area contributed by atoms with Gasteiger partial charge in [-0.2, -0.15) is 0 Å². The highest BCUT2D eigenvalue weighted by molar-refractivity contribution is 5.36. The van der Waals surface area contributed by atoms with Crippen LogP contribution < -0.4 is 5.73 Å². The van der Waals surface area contributed by atoms with Crippen LogP contribution in [0.4, 0.5) is 5.69 Å². The van der Waals surface area contributed by atoms with Crippen molar-refractivity contribution in [2.45, 2.75) is 26.2 Å². The number of hydrogen-bond donors (Lipinski definition) is 1. The zero-order valence-corrected chi connectivity index (χ0v) is 6.88. The van der Waals surface area contributed by atoms with Crippen LogP contribution in [0.3, 0.4) is 0 Å². The second-order valence-electron chi connectivity index (χ2n) is 2.73. The number of pyridine rings is 1. The normalized spacial score (nSPS) is 9.91. The van der Waals surface area contributed by atoms with Gasteiger partial charge in [0.05, 0.1) is 5.69 Å². The first kappa shape index (κ1) is 8.05. The van der Waals surface area contributed by atoms with Gasteiger partial charge in [0.2, 0.25) is 0 Å². The molecule has 0 aromatic carbocycles. The Balaban J connectivity index is 2.56. The van der Waals surface area contributed by atoms with Gasteiger partial charge in [0.25, 0.3) is 0 Å². The Labute approximate surface area is 67.5 Å². The quantitative estimate of drug-likeness (QED) is 0.715. The van der Waals surface area contributed by atoms with Gasteiger partial charge in [-0.05, 0) is 24.5 Å². The highest BCUT2D eigenvalue weighted by Crippen LogP contribution is 2.06. The average molecular weight is 150 g/mol. The Morgan fingerprint density at radius 2 is 2.27 bits per heavy atom. The lowest BCUT2D eigenvalue weighted by Crippen LogP contribution is -1.90. The molecular formula is C9H14N2. The van der Waals surface area contributed by atoms with E-state index in [1.807, 2.05) is 12.3 Å². The lowest BCUT2D eigenvalue weighted by Gasteiger charge is -1.98. The number of aryl methyl sites for hydroxylation is 1. The van der Waals surface area contributed by atoms with Crippen LogP contribution in [-0.4, -0.2) is 4.98 Å². The van der Waals surface area contributed by atoms with Gasteiger partial charge < -0.3 is 5.73 Å². The van der Waals surface area contributed by atoms with Crippen molar-refractivity contribution in [1.82, 2.24) is 4.98 Å². The fourth-order valence-electron chi connectivity index (χ4n) is 1.03. The molecule has 2 N–H and O–H groups in total. The van der Waals surface area contributed by atoms with Gasteiger partial charge in [-0.3, -0.25) is 4.98 Å². The first-order chi connectivity index (χ1) is 5.33. The average Bonchev–Trinajstić information content (AvgIpc) is 2.01. The Morgan fingerprint density at radius 3 is 2.91 bits per heavy atom. The smallest absolute Gasteiger partial charge is 0.0503 e. The van der Waals surface area contributed by atoms with Gasteiger partial charge in [-0.25, -0.2) is 0 Å². The zero-order chi connectivity index (χ0) is 8.10. The second kappa shape index (κ2) is 3.96. The number of hydrogen-bond acceptors (Lipinski definition) is 2. The van der Waals surface area contributed by atoms with Crippen LogP contribution in [0.2, 0.25) is 0 Å². The van der Waals surface area contributed by atoms with E-state index in [1.54, 1.807) is 6.20 Å². The van der Waals surface area contributed by atoms with Gasteiger partial charge >= 0.3 is 0 Å². The lowest BCUT2D eigenvalue weighted by molar-refractivity contribution is 0.792. The molecule has 0 saturated carbocycles. The molecular weight excluding hydrogens is 136 g/mol. The van der Waals surface area contributed by atoms with Crippen molar-refractivity contribution < 1.29 is 0 Å². The lowest BCUT2D eigenvalue weighted by atomic mass is 10.1. The summed E-state index contributed by atoms with van der Waals surface area (Å²) in [5.41, 5.74) is 7.57. The molecule has 2 heteroatoms. The van der Waals surface area contributed by atoms with Crippen molar-refractivity contribution in [3.63, 3.8) is 0 Å². The predicted molar refractivity (Wildman–Crippen MR) is 47.3 cm³/mol. The summed E-state index contributed by atoms with van der Waals surface area (Å²) in [5, 5.41) is 0. The zero-order valence-electron chi connectivity index (χ0n) is 6.88. The third kappa shape index (κ3) is 2.58. The minimum Gasteiger partial charge on any atom is -0.397 e. The van der Waals surface area contributed by atoms with E-state index in [0.717, 1.165) is 12.1 Å². The second-order valence-corrected chi connectivity index (χ2v) is 2.73. The third-order valence-corrected chi connectivity index (χ3v) is 1.64. The van der Waals surface area contributed by atoms with Crippen LogP contribution in [0.5, 0.6) is 0 Å². The van der Waals surface area contributed by atoms with E-state index in [1.165, 1.54) is 18.4 Å². The Kier molecular flexibility index (Phi) is 2.90. The van der Waals surface area contributed by atoms with E-state index in [0.29, 0.717) is 0 Å². The van der Waals surface area contributed by atoms with Gasteiger partial charge in [0.1, 0.15) is 0 Å². The molecule has 0 aliphatic heterocycles. The maximum atomic E-state index is 5.57. The highest BCUT2D eigenvalue weighted by Gasteiger charge is 1.92. The fraction of sp³-hybridized carbons (Fsp3) is 0.444. The maximum Gasteiger partial charge on any atom is 0.0503 e. The van der Waals surface area contributed by atoms with Crippen molar-refractivity contribution in [1.29, 1.82) is 0 Å². The summed E-state index contributed by atoms with van der Waals surface area (Å²) >= 11 is 0. The minimum absolute atomic E-state index is 0.763. The van der Waals surface area contributed by atoms with Gasteiger partial charge in [0.15, 0.2) is 0 Å². The molecule has 0 atom stereocenters. The van der Waals surface area contributed by atoms with E-state index >= 15 is 0 Å². The molecule has 0 unspecified atom stereocenters. The molecule has 0 fully saturated rings. The summed E-state index contributed by atoms with van der Waals surface area (Å²) in [4.78, 5) is 4.01. The van der Waals surface area contributed by atoms with Crippen molar-refractivity contribution in [2.24, 2.45) is 0 Å². The minimum atomic E-state index is 0.763. The number of nitrogens with two attached hydrogens (primary N) is 1. The third-order valence-electron chi connectivity index (χ3n) is 1.64. The fourth-order valence-corrected chi connectivity index (χ4v) is 1.03. The van der Waals surface area contributed by atoms with Crippen LogP contribution in [0, 0.1) is 0 Å². The largest absolute Gasteiger partial charge is 0.397 e. The molecule has 0 aliphatic rings. The van der Waals surface area contributed by atoms with Crippen LogP contribution >= 0.6 is 0 Å². The van der Waals surface area contributed by atoms with Gasteiger partial charge in [-0.1, -0.05) is 13.3 Å². The molecule has 1 heterocycles. The van der Waals surface area contributed by atoms with Crippen LogP contribution in [0.25, 0.3) is 0 Å². The van der Waals surface area contributed by atoms with E-state index in [4.69, 9.17) is 5.73 Å². The SMILES string of the molecule is CCCCc1cncc(N)c1. The molecule has 1 aromatic rings. The first-order valence-electron chi connectivity index (χ1n) is 4.02. The van der Waals surface area contributed by atoms with Crippen LogP contribution in [0.1, 0.15) is 25.3 Å². The van der Waals surface area contributed by atoms with Crippen molar-refractivity contribution in [3.8, 4) is 0 Å². The first-order valence-corrected chi connectivity index (χ1v) is 4.02. The molecule has 0 bridgehead atoms. The molecule has 2 nitrogen and oxygen atoms in total. The van der Waals surface area contributed by atoms with E-state index < -0.39 is 0 Å². The molecule has 1 rings (SSSR count). The summed E-state index contributed by atoms with van der Waals surface area (Å²) in [5.74, 6) is 0. The number of unbranched alkanes of at least 4 members (excludes halogenated alkanes) is 1. The van der Waals surface area contributed by atoms with E-state index in [-0.39, 0.29) is 0 Å². The topological polar surface area (TPSA) is 38.9 Å². The molecule has 0 radical (unpaired) electrons. The van der Waals surface area contributed by atoms with Gasteiger partial charge in [-0.15, -0.1) is 0 Å². The summed E-state index contributed by atoms with van der Waals surface area (Å²) in [7, 11) is 0. The summed E-state index contributed by atoms with van der Waals surface area (Å²) in [6, 6.07) is 1.99. The molecule has 0 saturated heterocycles. The number of rotatable bonds is 3. The maximum absolute atomic E-state index is 5.57.